The number of carbonyl (C=O) groups is 3. The Balaban J connectivity index is 1.98. The van der Waals surface area contributed by atoms with Crippen molar-refractivity contribution >= 4 is 17.3 Å². The van der Waals surface area contributed by atoms with Crippen LogP contribution >= 0.6 is 0 Å². The Labute approximate surface area is 165 Å². The van der Waals surface area contributed by atoms with Crippen LogP contribution in [0.3, 0.4) is 0 Å². The number of hydrogen-bond acceptors (Lipinski definition) is 3. The fourth-order valence-electron chi connectivity index (χ4n) is 5.41. The predicted octanol–water partition coefficient (Wildman–Crippen LogP) is 5.07. The molecule has 0 amide bonds. The Bertz CT molecular complexity index is 999. The van der Waals surface area contributed by atoms with Crippen LogP contribution in [0.15, 0.2) is 71.8 Å². The van der Waals surface area contributed by atoms with Gasteiger partial charge >= 0.3 is 0 Å². The molecule has 3 heteroatoms. The van der Waals surface area contributed by atoms with Crippen LogP contribution in [-0.2, 0) is 4.79 Å². The first kappa shape index (κ1) is 18.5. The number of benzene rings is 2. The van der Waals surface area contributed by atoms with Crippen molar-refractivity contribution in [2.75, 3.05) is 0 Å². The van der Waals surface area contributed by atoms with E-state index < -0.39 is 11.3 Å². The van der Waals surface area contributed by atoms with Crippen LogP contribution in [0.25, 0.3) is 0 Å². The molecular weight excluding hydrogens is 348 g/mol. The van der Waals surface area contributed by atoms with E-state index in [4.69, 9.17) is 0 Å². The van der Waals surface area contributed by atoms with E-state index >= 15 is 0 Å². The second kappa shape index (κ2) is 6.37. The summed E-state index contributed by atoms with van der Waals surface area (Å²) >= 11 is 0. The Morgan fingerprint density at radius 2 is 1.32 bits per heavy atom. The van der Waals surface area contributed by atoms with Gasteiger partial charge in [0.15, 0.2) is 11.6 Å². The standard InChI is InChI=1S/C25H24O3/c1-24(2)15-25(3)14-18(26)20(24)19(22(27)16-10-6-4-7-11-16)21(25)23(28)17-12-8-5-9-13-17/h4-13,20H,14-15H2,1-3H3/t20-,25-/m0/s1. The molecule has 5 rings (SSSR count). The van der Waals surface area contributed by atoms with E-state index in [1.54, 1.807) is 24.3 Å². The van der Waals surface area contributed by atoms with Crippen LogP contribution < -0.4 is 0 Å². The number of ketones is 3. The van der Waals surface area contributed by atoms with Crippen LogP contribution in [0, 0.1) is 16.7 Å². The quantitative estimate of drug-likeness (QED) is 0.704. The van der Waals surface area contributed by atoms with Crippen molar-refractivity contribution in [3.63, 3.8) is 0 Å². The van der Waals surface area contributed by atoms with E-state index in [1.807, 2.05) is 57.2 Å². The maximum absolute atomic E-state index is 13.5. The average molecular weight is 372 g/mol. The number of allylic oxidation sites excluding steroid dienone is 2. The normalized spacial score (nSPS) is 25.7. The van der Waals surface area contributed by atoms with Crippen molar-refractivity contribution in [1.29, 1.82) is 0 Å². The van der Waals surface area contributed by atoms with Crippen molar-refractivity contribution < 1.29 is 14.4 Å². The first-order chi connectivity index (χ1) is 13.2. The molecule has 142 valence electrons. The first-order valence-electron chi connectivity index (χ1n) is 9.71. The monoisotopic (exact) mass is 372 g/mol. The van der Waals surface area contributed by atoms with E-state index in [0.29, 0.717) is 28.7 Å². The number of rotatable bonds is 4. The lowest BCUT2D eigenvalue weighted by molar-refractivity contribution is -0.133. The highest BCUT2D eigenvalue weighted by atomic mass is 16.1. The molecule has 0 aromatic heterocycles. The minimum absolute atomic E-state index is 0.0719. The van der Waals surface area contributed by atoms with Gasteiger partial charge in [-0.05, 0) is 11.8 Å². The summed E-state index contributed by atoms with van der Waals surface area (Å²) in [4.78, 5) is 40.1. The third-order valence-corrected chi connectivity index (χ3v) is 6.22. The summed E-state index contributed by atoms with van der Waals surface area (Å²) in [6.07, 6.45) is 1.04. The van der Waals surface area contributed by atoms with E-state index in [2.05, 4.69) is 0 Å². The minimum Gasteiger partial charge on any atom is -0.299 e. The number of fused-ring (bicyclic) bond motifs is 2. The molecule has 0 spiro atoms. The third-order valence-electron chi connectivity index (χ3n) is 6.22. The fraction of sp³-hybridized carbons (Fsp3) is 0.320. The molecule has 3 aliphatic rings. The SMILES string of the molecule is CC1(C)C[C@]2(C)CC(=O)[C@H]1C(C(=O)c1ccccc1)=C2C(=O)c1ccccc1. The minimum atomic E-state index is -0.623. The average Bonchev–Trinajstić information content (AvgIpc) is 2.66. The zero-order valence-corrected chi connectivity index (χ0v) is 16.5. The Morgan fingerprint density at radius 1 is 0.821 bits per heavy atom. The highest BCUT2D eigenvalue weighted by Gasteiger charge is 2.59. The highest BCUT2D eigenvalue weighted by Crippen LogP contribution is 2.60. The molecule has 0 radical (unpaired) electrons. The second-order valence-corrected chi connectivity index (χ2v) is 8.98. The molecule has 0 heterocycles. The van der Waals surface area contributed by atoms with E-state index in [0.717, 1.165) is 6.42 Å². The summed E-state index contributed by atoms with van der Waals surface area (Å²) in [5.41, 5.74) is 1.06. The lowest BCUT2D eigenvalue weighted by Crippen LogP contribution is -2.53. The molecule has 0 N–H and O–H groups in total. The van der Waals surface area contributed by atoms with Gasteiger partial charge in [0.25, 0.3) is 0 Å². The van der Waals surface area contributed by atoms with Gasteiger partial charge in [0.2, 0.25) is 0 Å². The van der Waals surface area contributed by atoms with Crippen LogP contribution in [0.5, 0.6) is 0 Å². The smallest absolute Gasteiger partial charge is 0.190 e. The van der Waals surface area contributed by atoms with Gasteiger partial charge in [0.05, 0.1) is 5.92 Å². The molecule has 2 atom stereocenters. The van der Waals surface area contributed by atoms with Gasteiger partial charge in [-0.3, -0.25) is 14.4 Å². The highest BCUT2D eigenvalue weighted by molar-refractivity contribution is 6.22. The van der Waals surface area contributed by atoms with Gasteiger partial charge in [0, 0.05) is 34.1 Å². The van der Waals surface area contributed by atoms with Crippen molar-refractivity contribution in [2.24, 2.45) is 16.7 Å². The largest absolute Gasteiger partial charge is 0.299 e. The maximum Gasteiger partial charge on any atom is 0.190 e. The number of hydrogen-bond donors (Lipinski definition) is 0. The lowest BCUT2D eigenvalue weighted by atomic mass is 9.47. The molecule has 2 aromatic carbocycles. The van der Waals surface area contributed by atoms with Gasteiger partial charge in [-0.2, -0.15) is 0 Å². The first-order valence-corrected chi connectivity index (χ1v) is 9.71. The summed E-state index contributed by atoms with van der Waals surface area (Å²) in [6, 6.07) is 18.0. The molecule has 3 nitrogen and oxygen atoms in total. The van der Waals surface area contributed by atoms with Crippen LogP contribution in [0.2, 0.25) is 0 Å². The Hall–Kier alpha value is -2.81. The summed E-state index contributed by atoms with van der Waals surface area (Å²) in [7, 11) is 0. The van der Waals surface area contributed by atoms with Crippen molar-refractivity contribution in [3.8, 4) is 0 Å². The lowest BCUT2D eigenvalue weighted by Gasteiger charge is -2.54. The van der Waals surface area contributed by atoms with E-state index in [1.165, 1.54) is 0 Å². The van der Waals surface area contributed by atoms with Gasteiger partial charge in [-0.1, -0.05) is 81.4 Å². The summed E-state index contributed by atoms with van der Waals surface area (Å²) in [5.74, 6) is -0.792. The molecule has 28 heavy (non-hydrogen) atoms. The summed E-state index contributed by atoms with van der Waals surface area (Å²) < 4.78 is 0. The topological polar surface area (TPSA) is 51.2 Å². The number of carbonyl (C=O) groups excluding carboxylic acids is 3. The van der Waals surface area contributed by atoms with Gasteiger partial charge < -0.3 is 0 Å². The molecule has 1 fully saturated rings. The number of Topliss-reactive ketones (excluding diaryl/α,β-unsaturated/α-hetero) is 3. The zero-order valence-electron chi connectivity index (χ0n) is 16.5. The van der Waals surface area contributed by atoms with Gasteiger partial charge in [0.1, 0.15) is 5.78 Å². The summed E-state index contributed by atoms with van der Waals surface area (Å²) in [6.45, 7) is 6.04. The van der Waals surface area contributed by atoms with E-state index in [9.17, 15) is 14.4 Å². The summed E-state index contributed by atoms with van der Waals surface area (Å²) in [5, 5.41) is 0. The van der Waals surface area contributed by atoms with Gasteiger partial charge in [-0.25, -0.2) is 0 Å². The van der Waals surface area contributed by atoms with Crippen molar-refractivity contribution in [2.45, 2.75) is 33.6 Å². The van der Waals surface area contributed by atoms with E-state index in [-0.39, 0.29) is 22.8 Å². The van der Waals surface area contributed by atoms with Crippen LogP contribution in [0.1, 0.15) is 54.3 Å². The fourth-order valence-corrected chi connectivity index (χ4v) is 5.41. The molecule has 0 unspecified atom stereocenters. The van der Waals surface area contributed by atoms with Gasteiger partial charge in [-0.15, -0.1) is 0 Å². The molecule has 3 aliphatic carbocycles. The molecule has 0 aliphatic heterocycles. The molecule has 2 bridgehead atoms. The Morgan fingerprint density at radius 3 is 1.82 bits per heavy atom. The van der Waals surface area contributed by atoms with Crippen LogP contribution in [0.4, 0.5) is 0 Å². The molecule has 2 aromatic rings. The maximum atomic E-state index is 13.5. The van der Waals surface area contributed by atoms with Crippen molar-refractivity contribution in [3.05, 3.63) is 82.9 Å². The van der Waals surface area contributed by atoms with Crippen LogP contribution in [-0.4, -0.2) is 17.3 Å². The molecule has 1 saturated carbocycles. The predicted molar refractivity (Wildman–Crippen MR) is 108 cm³/mol. The molecule has 0 saturated heterocycles. The van der Waals surface area contributed by atoms with Crippen molar-refractivity contribution in [1.82, 2.24) is 0 Å². The third kappa shape index (κ3) is 2.77. The Kier molecular flexibility index (Phi) is 4.22. The molecular formula is C25H24O3. The second-order valence-electron chi connectivity index (χ2n) is 8.98. The zero-order chi connectivity index (χ0) is 20.1.